The summed E-state index contributed by atoms with van der Waals surface area (Å²) >= 11 is 1.78. The Kier molecular flexibility index (Phi) is 5.15. The molecule has 2 aliphatic rings. The van der Waals surface area contributed by atoms with Gasteiger partial charge in [-0.15, -0.1) is 0 Å². The van der Waals surface area contributed by atoms with Crippen LogP contribution >= 0.6 is 11.9 Å². The normalized spacial score (nSPS) is 18.9. The fraction of sp³-hybridized carbons (Fsp3) is 0.200. The van der Waals surface area contributed by atoms with Crippen molar-refractivity contribution >= 4 is 23.8 Å². The van der Waals surface area contributed by atoms with Gasteiger partial charge in [0.1, 0.15) is 0 Å². The zero-order valence-corrected chi connectivity index (χ0v) is 17.3. The molecule has 2 amide bonds. The number of imide groups is 1. The lowest BCUT2D eigenvalue weighted by molar-refractivity contribution is -0.134. The molecule has 0 saturated carbocycles. The Balaban J connectivity index is 1.34. The Morgan fingerprint density at radius 1 is 0.867 bits per heavy atom. The van der Waals surface area contributed by atoms with Crippen molar-refractivity contribution < 1.29 is 9.59 Å². The van der Waals surface area contributed by atoms with Crippen molar-refractivity contribution in [1.29, 1.82) is 0 Å². The third kappa shape index (κ3) is 3.78. The molecule has 1 fully saturated rings. The number of carbonyl (C=O) groups is 2. The third-order valence-corrected chi connectivity index (χ3v) is 6.83. The van der Waals surface area contributed by atoms with Crippen LogP contribution in [0.3, 0.4) is 0 Å². The number of amides is 2. The van der Waals surface area contributed by atoms with Gasteiger partial charge in [-0.2, -0.15) is 0 Å². The number of fused-ring (bicyclic) bond motifs is 1. The van der Waals surface area contributed by atoms with Crippen LogP contribution in [-0.4, -0.2) is 16.1 Å². The van der Waals surface area contributed by atoms with Crippen molar-refractivity contribution in [2.45, 2.75) is 36.7 Å². The standard InChI is InChI=1S/C25H22N2O2S/c28-24-13-12-22(25(29)26-24)18-10-11-19-15-27(16-20(19)14-18)30-23-9-5-4-8-21(23)17-6-2-1-3-7-17/h1-11,14,22H,12-13,15-16H2,(H,26,28,29). The van der Waals surface area contributed by atoms with Gasteiger partial charge < -0.3 is 0 Å². The molecule has 5 rings (SSSR count). The van der Waals surface area contributed by atoms with Gasteiger partial charge in [0.05, 0.1) is 5.92 Å². The molecule has 0 radical (unpaired) electrons. The second kappa shape index (κ2) is 8.09. The molecule has 1 N–H and O–H groups in total. The molecule has 2 heterocycles. The van der Waals surface area contributed by atoms with Gasteiger partial charge in [-0.3, -0.25) is 14.9 Å². The number of benzene rings is 3. The summed E-state index contributed by atoms with van der Waals surface area (Å²) < 4.78 is 2.36. The summed E-state index contributed by atoms with van der Waals surface area (Å²) in [6.07, 6.45) is 0.998. The first-order valence-corrected chi connectivity index (χ1v) is 11.0. The van der Waals surface area contributed by atoms with E-state index in [4.69, 9.17) is 0 Å². The number of nitrogens with zero attached hydrogens (tertiary/aromatic N) is 1. The molecule has 1 saturated heterocycles. The van der Waals surface area contributed by atoms with Crippen LogP contribution in [0.5, 0.6) is 0 Å². The van der Waals surface area contributed by atoms with E-state index in [0.717, 1.165) is 18.7 Å². The lowest BCUT2D eigenvalue weighted by Crippen LogP contribution is -2.39. The van der Waals surface area contributed by atoms with Gasteiger partial charge in [-0.1, -0.05) is 66.7 Å². The Hall–Kier alpha value is -2.89. The van der Waals surface area contributed by atoms with Crippen molar-refractivity contribution in [3.8, 4) is 11.1 Å². The smallest absolute Gasteiger partial charge is 0.234 e. The topological polar surface area (TPSA) is 49.4 Å². The average molecular weight is 415 g/mol. The number of nitrogens with one attached hydrogen (secondary N) is 1. The molecule has 3 aromatic carbocycles. The van der Waals surface area contributed by atoms with Crippen molar-refractivity contribution in [1.82, 2.24) is 9.62 Å². The molecule has 3 aromatic rings. The summed E-state index contributed by atoms with van der Waals surface area (Å²) in [6, 6.07) is 25.3. The first-order chi connectivity index (χ1) is 14.7. The molecule has 5 heteroatoms. The van der Waals surface area contributed by atoms with Crippen LogP contribution in [0.25, 0.3) is 11.1 Å². The first kappa shape index (κ1) is 19.1. The second-order valence-electron chi connectivity index (χ2n) is 7.78. The minimum Gasteiger partial charge on any atom is -0.296 e. The molecule has 1 unspecified atom stereocenters. The maximum absolute atomic E-state index is 12.2. The van der Waals surface area contributed by atoms with Crippen molar-refractivity contribution in [2.24, 2.45) is 0 Å². The third-order valence-electron chi connectivity index (χ3n) is 5.76. The van der Waals surface area contributed by atoms with E-state index >= 15 is 0 Å². The molecule has 2 aliphatic heterocycles. The predicted octanol–water partition coefficient (Wildman–Crippen LogP) is 4.90. The summed E-state index contributed by atoms with van der Waals surface area (Å²) in [5.74, 6) is -0.571. The molecule has 0 bridgehead atoms. The average Bonchev–Trinajstić information content (AvgIpc) is 3.16. The maximum atomic E-state index is 12.2. The summed E-state index contributed by atoms with van der Waals surface area (Å²) in [5.41, 5.74) is 6.04. The number of rotatable bonds is 4. The molecular weight excluding hydrogens is 392 g/mol. The Morgan fingerprint density at radius 3 is 2.47 bits per heavy atom. The fourth-order valence-corrected chi connectivity index (χ4v) is 5.33. The molecule has 30 heavy (non-hydrogen) atoms. The zero-order valence-electron chi connectivity index (χ0n) is 16.5. The van der Waals surface area contributed by atoms with Gasteiger partial charge in [-0.25, -0.2) is 4.31 Å². The highest BCUT2D eigenvalue weighted by Gasteiger charge is 2.29. The van der Waals surface area contributed by atoms with Crippen molar-refractivity contribution in [3.05, 3.63) is 89.5 Å². The van der Waals surface area contributed by atoms with Gasteiger partial charge in [-0.05, 0) is 52.3 Å². The fourth-order valence-electron chi connectivity index (χ4n) is 4.22. The van der Waals surface area contributed by atoms with Gasteiger partial charge in [0, 0.05) is 24.4 Å². The van der Waals surface area contributed by atoms with Gasteiger partial charge in [0.2, 0.25) is 11.8 Å². The van der Waals surface area contributed by atoms with Crippen LogP contribution < -0.4 is 5.32 Å². The number of hydrogen-bond acceptors (Lipinski definition) is 4. The number of piperidine rings is 1. The summed E-state index contributed by atoms with van der Waals surface area (Å²) in [4.78, 5) is 24.9. The van der Waals surface area contributed by atoms with E-state index in [0.29, 0.717) is 12.8 Å². The van der Waals surface area contributed by atoms with Crippen LogP contribution in [0.4, 0.5) is 0 Å². The summed E-state index contributed by atoms with van der Waals surface area (Å²) in [5, 5.41) is 2.47. The van der Waals surface area contributed by atoms with Gasteiger partial charge >= 0.3 is 0 Å². The SMILES string of the molecule is O=C1CCC(c2ccc3c(c2)CN(Sc2ccccc2-c2ccccc2)C3)C(=O)N1. The minimum atomic E-state index is -0.228. The molecule has 1 atom stereocenters. The lowest BCUT2D eigenvalue weighted by Gasteiger charge is -2.21. The molecule has 150 valence electrons. The highest BCUT2D eigenvalue weighted by atomic mass is 32.2. The van der Waals surface area contributed by atoms with Crippen molar-refractivity contribution in [3.63, 3.8) is 0 Å². The minimum absolute atomic E-state index is 0.169. The Morgan fingerprint density at radius 2 is 1.63 bits per heavy atom. The lowest BCUT2D eigenvalue weighted by atomic mass is 9.89. The highest BCUT2D eigenvalue weighted by Crippen LogP contribution is 2.38. The van der Waals surface area contributed by atoms with E-state index in [1.807, 2.05) is 12.1 Å². The largest absolute Gasteiger partial charge is 0.296 e. The van der Waals surface area contributed by atoms with Crippen LogP contribution in [0, 0.1) is 0 Å². The summed E-state index contributed by atoms with van der Waals surface area (Å²) in [7, 11) is 0. The van der Waals surface area contributed by atoms with Gasteiger partial charge in [0.25, 0.3) is 0 Å². The predicted molar refractivity (Wildman–Crippen MR) is 119 cm³/mol. The van der Waals surface area contributed by atoms with Crippen LogP contribution in [0.15, 0.2) is 77.7 Å². The first-order valence-electron chi connectivity index (χ1n) is 10.2. The maximum Gasteiger partial charge on any atom is 0.234 e. The Bertz CT molecular complexity index is 1110. The Labute approximate surface area is 180 Å². The van der Waals surface area contributed by atoms with E-state index in [2.05, 4.69) is 70.3 Å². The monoisotopic (exact) mass is 414 g/mol. The van der Waals surface area contributed by atoms with Gasteiger partial charge in [0.15, 0.2) is 0 Å². The van der Waals surface area contributed by atoms with E-state index in [1.165, 1.54) is 27.1 Å². The molecule has 0 aromatic heterocycles. The zero-order chi connectivity index (χ0) is 20.5. The highest BCUT2D eigenvalue weighted by molar-refractivity contribution is 7.97. The number of hydrogen-bond donors (Lipinski definition) is 1. The molecular formula is C25H22N2O2S. The van der Waals surface area contributed by atoms with Crippen LogP contribution in [-0.2, 0) is 22.7 Å². The van der Waals surface area contributed by atoms with E-state index in [1.54, 1.807) is 11.9 Å². The molecule has 4 nitrogen and oxygen atoms in total. The van der Waals surface area contributed by atoms with E-state index in [9.17, 15) is 9.59 Å². The van der Waals surface area contributed by atoms with Crippen LogP contribution in [0.2, 0.25) is 0 Å². The van der Waals surface area contributed by atoms with Crippen LogP contribution in [0.1, 0.15) is 35.4 Å². The van der Waals surface area contributed by atoms with E-state index < -0.39 is 0 Å². The summed E-state index contributed by atoms with van der Waals surface area (Å²) in [6.45, 7) is 1.71. The number of carbonyl (C=O) groups excluding carboxylic acids is 2. The molecule has 0 spiro atoms. The quantitative estimate of drug-likeness (QED) is 0.487. The van der Waals surface area contributed by atoms with E-state index in [-0.39, 0.29) is 17.7 Å². The van der Waals surface area contributed by atoms with Crippen molar-refractivity contribution in [2.75, 3.05) is 0 Å². The second-order valence-corrected chi connectivity index (χ2v) is 8.92. The molecule has 0 aliphatic carbocycles.